The van der Waals surface area contributed by atoms with Gasteiger partial charge in [-0.2, -0.15) is 4.37 Å². The number of carbonyl (C=O) groups is 1. The highest BCUT2D eigenvalue weighted by Gasteiger charge is 2.47. The molecule has 1 amide bonds. The fourth-order valence-corrected chi connectivity index (χ4v) is 2.70. The van der Waals surface area contributed by atoms with Crippen LogP contribution in [0.2, 0.25) is 0 Å². The van der Waals surface area contributed by atoms with E-state index in [0.29, 0.717) is 0 Å². The summed E-state index contributed by atoms with van der Waals surface area (Å²) in [5.41, 5.74) is -2.02. The molecule has 1 saturated heterocycles. The lowest BCUT2D eigenvalue weighted by atomic mass is 9.85. The van der Waals surface area contributed by atoms with Crippen LogP contribution >= 0.6 is 11.7 Å². The maximum atomic E-state index is 13.6. The maximum Gasteiger partial charge on any atom is 0.291 e. The maximum absolute atomic E-state index is 13.6. The lowest BCUT2D eigenvalue weighted by Gasteiger charge is -2.46. The van der Waals surface area contributed by atoms with E-state index in [9.17, 15) is 19.1 Å². The van der Waals surface area contributed by atoms with E-state index in [4.69, 9.17) is 0 Å². The zero-order chi connectivity index (χ0) is 14.3. The monoisotopic (exact) mass is 295 g/mol. The third-order valence-electron chi connectivity index (χ3n) is 3.26. The molecule has 1 aliphatic rings. The van der Waals surface area contributed by atoms with Gasteiger partial charge >= 0.3 is 0 Å². The van der Waals surface area contributed by atoms with Gasteiger partial charge in [0.15, 0.2) is 0 Å². The smallest absolute Gasteiger partial charge is 0.291 e. The number of aromatic amines is 1. The first-order valence-electron chi connectivity index (χ1n) is 5.82. The summed E-state index contributed by atoms with van der Waals surface area (Å²) in [6.45, 7) is -0.131. The molecule has 2 N–H and O–H groups in total. The summed E-state index contributed by atoms with van der Waals surface area (Å²) in [5, 5.41) is 10.3. The largest absolute Gasteiger partial charge is 0.381 e. The number of nitrogens with one attached hydrogen (secondary N) is 1. The minimum Gasteiger partial charge on any atom is -0.381 e. The summed E-state index contributed by atoms with van der Waals surface area (Å²) in [6, 6.07) is 5.88. The highest BCUT2D eigenvalue weighted by Crippen LogP contribution is 2.33. The number of carbonyl (C=O) groups excluding carboxylic acids is 1. The Morgan fingerprint density at radius 1 is 1.45 bits per heavy atom. The average molecular weight is 295 g/mol. The number of nitrogens with zero attached hydrogens (tertiary/aromatic N) is 2. The number of rotatable bonds is 2. The van der Waals surface area contributed by atoms with Crippen LogP contribution in [0.25, 0.3) is 0 Å². The van der Waals surface area contributed by atoms with E-state index >= 15 is 0 Å². The molecule has 2 heterocycles. The van der Waals surface area contributed by atoms with Crippen LogP contribution in [0.4, 0.5) is 4.39 Å². The molecule has 8 heteroatoms. The first-order valence-corrected chi connectivity index (χ1v) is 6.60. The molecule has 20 heavy (non-hydrogen) atoms. The second-order valence-corrected chi connectivity index (χ2v) is 5.20. The Labute approximate surface area is 116 Å². The van der Waals surface area contributed by atoms with Crippen molar-refractivity contribution in [3.63, 3.8) is 0 Å². The van der Waals surface area contributed by atoms with Gasteiger partial charge in [0, 0.05) is 17.3 Å². The number of aliphatic hydroxyl groups is 1. The van der Waals surface area contributed by atoms with Crippen LogP contribution in [0.3, 0.4) is 0 Å². The molecule has 3 rings (SSSR count). The predicted molar refractivity (Wildman–Crippen MR) is 68.9 cm³/mol. The molecule has 6 nitrogen and oxygen atoms in total. The lowest BCUT2D eigenvalue weighted by molar-refractivity contribution is -0.0885. The predicted octanol–water partition coefficient (Wildman–Crippen LogP) is 0.314. The Morgan fingerprint density at radius 2 is 2.15 bits per heavy atom. The van der Waals surface area contributed by atoms with Gasteiger partial charge < -0.3 is 10.0 Å². The van der Waals surface area contributed by atoms with Crippen LogP contribution in [-0.2, 0) is 5.60 Å². The van der Waals surface area contributed by atoms with E-state index in [1.807, 2.05) is 0 Å². The molecule has 0 aliphatic carbocycles. The van der Waals surface area contributed by atoms with Gasteiger partial charge in [0.2, 0.25) is 5.69 Å². The van der Waals surface area contributed by atoms with E-state index in [1.165, 1.54) is 23.1 Å². The number of hydrogen-bond acceptors (Lipinski definition) is 5. The number of β-amino-alcohol motifs (C(OH)–C–C–N with tert-alkyl or cyclic N) is 1. The second-order valence-electron chi connectivity index (χ2n) is 4.64. The molecular weight excluding hydrogens is 285 g/mol. The molecule has 1 fully saturated rings. The summed E-state index contributed by atoms with van der Waals surface area (Å²) in [6.07, 6.45) is 0. The van der Waals surface area contributed by atoms with Crippen molar-refractivity contribution < 1.29 is 14.3 Å². The molecule has 0 bridgehead atoms. The quantitative estimate of drug-likeness (QED) is 0.835. The van der Waals surface area contributed by atoms with Crippen molar-refractivity contribution in [3.8, 4) is 0 Å². The number of aromatic nitrogens is 2. The van der Waals surface area contributed by atoms with Crippen molar-refractivity contribution >= 4 is 17.6 Å². The third kappa shape index (κ3) is 1.93. The van der Waals surface area contributed by atoms with Gasteiger partial charge in [0.1, 0.15) is 11.4 Å². The minimum absolute atomic E-state index is 0.0657. The van der Waals surface area contributed by atoms with Crippen LogP contribution in [-0.4, -0.2) is 37.8 Å². The topological polar surface area (TPSA) is 86.3 Å². The summed E-state index contributed by atoms with van der Waals surface area (Å²) in [4.78, 5) is 24.5. The molecule has 1 aromatic heterocycles. The fraction of sp³-hybridized carbons (Fsp3) is 0.250. The Bertz CT molecular complexity index is 720. The standard InChI is InChI=1S/C12H10FN3O3S/c13-8-4-2-1-3-7(8)12(19)5-16(6-12)11(18)9-10(17)15-20-14-9/h1-4,19H,5-6H2,(H,15,17). The molecule has 1 aliphatic heterocycles. The van der Waals surface area contributed by atoms with Crippen molar-refractivity contribution in [3.05, 3.63) is 51.7 Å². The van der Waals surface area contributed by atoms with E-state index in [0.717, 1.165) is 11.7 Å². The van der Waals surface area contributed by atoms with E-state index in [1.54, 1.807) is 6.07 Å². The van der Waals surface area contributed by atoms with Crippen LogP contribution in [0.15, 0.2) is 29.1 Å². The van der Waals surface area contributed by atoms with Gasteiger partial charge in [0.25, 0.3) is 11.5 Å². The Kier molecular flexibility index (Phi) is 2.91. The third-order valence-corrected chi connectivity index (χ3v) is 3.81. The molecule has 0 spiro atoms. The van der Waals surface area contributed by atoms with Gasteiger partial charge in [0.05, 0.1) is 13.1 Å². The number of benzene rings is 1. The van der Waals surface area contributed by atoms with Crippen LogP contribution in [0.5, 0.6) is 0 Å². The summed E-state index contributed by atoms with van der Waals surface area (Å²) >= 11 is 0.788. The van der Waals surface area contributed by atoms with E-state index < -0.39 is 22.9 Å². The van der Waals surface area contributed by atoms with E-state index in [2.05, 4.69) is 8.75 Å². The van der Waals surface area contributed by atoms with Crippen LogP contribution < -0.4 is 5.56 Å². The Morgan fingerprint density at radius 3 is 2.75 bits per heavy atom. The first-order chi connectivity index (χ1) is 9.51. The molecule has 104 valence electrons. The summed E-state index contributed by atoms with van der Waals surface area (Å²) in [7, 11) is 0. The molecule has 2 aromatic rings. The zero-order valence-electron chi connectivity index (χ0n) is 10.2. The SMILES string of the molecule is O=C(c1ns[nH]c1=O)N1CC(O)(c2ccccc2F)C1. The van der Waals surface area contributed by atoms with Crippen molar-refractivity contribution in [2.75, 3.05) is 13.1 Å². The zero-order valence-corrected chi connectivity index (χ0v) is 11.0. The minimum atomic E-state index is -1.41. The van der Waals surface area contributed by atoms with Gasteiger partial charge in [-0.15, -0.1) is 0 Å². The van der Waals surface area contributed by atoms with E-state index in [-0.39, 0.29) is 24.3 Å². The Hall–Kier alpha value is -2.06. The van der Waals surface area contributed by atoms with Gasteiger partial charge in [-0.1, -0.05) is 18.2 Å². The van der Waals surface area contributed by atoms with Crippen molar-refractivity contribution in [1.29, 1.82) is 0 Å². The molecular formula is C12H10FN3O3S. The number of hydrogen-bond donors (Lipinski definition) is 2. The number of amides is 1. The van der Waals surface area contributed by atoms with Gasteiger partial charge in [-0.05, 0) is 6.07 Å². The Balaban J connectivity index is 1.79. The molecule has 0 saturated carbocycles. The highest BCUT2D eigenvalue weighted by molar-refractivity contribution is 6.99. The molecule has 1 aromatic carbocycles. The van der Waals surface area contributed by atoms with Gasteiger partial charge in [-0.25, -0.2) is 4.39 Å². The summed E-state index contributed by atoms with van der Waals surface area (Å²) < 4.78 is 19.6. The van der Waals surface area contributed by atoms with Gasteiger partial charge in [-0.3, -0.25) is 14.0 Å². The van der Waals surface area contributed by atoms with Crippen molar-refractivity contribution in [1.82, 2.24) is 13.6 Å². The second kappa shape index (κ2) is 4.50. The molecule has 0 radical (unpaired) electrons. The highest BCUT2D eigenvalue weighted by atomic mass is 32.1. The molecule has 0 atom stereocenters. The average Bonchev–Trinajstić information content (AvgIpc) is 2.81. The van der Waals surface area contributed by atoms with Crippen LogP contribution in [0.1, 0.15) is 16.1 Å². The first kappa shape index (κ1) is 12.9. The normalized spacial score (nSPS) is 16.8. The van der Waals surface area contributed by atoms with Crippen LogP contribution in [0, 0.1) is 5.82 Å². The number of halogens is 1. The fourth-order valence-electron chi connectivity index (χ4n) is 2.22. The lowest BCUT2D eigenvalue weighted by Crippen LogP contribution is -2.62. The number of H-pyrrole nitrogens is 1. The summed E-state index contributed by atoms with van der Waals surface area (Å²) in [5.74, 6) is -1.08. The van der Waals surface area contributed by atoms with Crippen molar-refractivity contribution in [2.24, 2.45) is 0 Å². The number of likely N-dealkylation sites (tertiary alicyclic amines) is 1. The van der Waals surface area contributed by atoms with Crippen molar-refractivity contribution in [2.45, 2.75) is 5.60 Å². The molecule has 0 unspecified atom stereocenters.